The summed E-state index contributed by atoms with van der Waals surface area (Å²) in [5, 5.41) is 0.0975. The number of ether oxygens (including phenoxy) is 1. The molecular weight excluding hydrogens is 255 g/mol. The summed E-state index contributed by atoms with van der Waals surface area (Å²) in [7, 11) is 0. The number of aromatic nitrogens is 1. The fourth-order valence-electron chi connectivity index (χ4n) is 1.18. The van der Waals surface area contributed by atoms with Gasteiger partial charge in [0.05, 0.1) is 5.02 Å². The maximum Gasteiger partial charge on any atom is 0.255 e. The monoisotopic (exact) mass is 259 g/mol. The van der Waals surface area contributed by atoms with Crippen molar-refractivity contribution in [1.29, 1.82) is 0 Å². The van der Waals surface area contributed by atoms with E-state index >= 15 is 0 Å². The van der Waals surface area contributed by atoms with Gasteiger partial charge in [0.1, 0.15) is 17.4 Å². The van der Waals surface area contributed by atoms with Crippen molar-refractivity contribution in [2.24, 2.45) is 0 Å². The highest BCUT2D eigenvalue weighted by Gasteiger charge is 2.09. The first kappa shape index (κ1) is 11.7. The van der Waals surface area contributed by atoms with Gasteiger partial charge in [-0.3, -0.25) is 0 Å². The highest BCUT2D eigenvalue weighted by atomic mass is 35.5. The van der Waals surface area contributed by atoms with Crippen LogP contribution in [0.3, 0.4) is 0 Å². The van der Waals surface area contributed by atoms with Crippen LogP contribution in [0.4, 0.5) is 13.2 Å². The van der Waals surface area contributed by atoms with Gasteiger partial charge in [-0.25, -0.2) is 18.2 Å². The molecule has 0 saturated heterocycles. The first-order valence-corrected chi connectivity index (χ1v) is 4.87. The van der Waals surface area contributed by atoms with Gasteiger partial charge >= 0.3 is 0 Å². The second kappa shape index (κ2) is 4.63. The van der Waals surface area contributed by atoms with Crippen molar-refractivity contribution >= 4 is 11.6 Å². The van der Waals surface area contributed by atoms with Crippen LogP contribution in [0.15, 0.2) is 30.5 Å². The highest BCUT2D eigenvalue weighted by molar-refractivity contribution is 6.30. The standard InChI is InChI=1S/C11H5ClF3NO/c12-6-1-10(15)11(16-5-6)17-9-3-7(13)2-8(14)4-9/h1-5H. The third kappa shape index (κ3) is 2.88. The Morgan fingerprint density at radius 1 is 1.00 bits per heavy atom. The van der Waals surface area contributed by atoms with E-state index in [0.717, 1.165) is 24.4 Å². The molecule has 0 amide bonds. The highest BCUT2D eigenvalue weighted by Crippen LogP contribution is 2.25. The van der Waals surface area contributed by atoms with E-state index in [-0.39, 0.29) is 10.8 Å². The summed E-state index contributed by atoms with van der Waals surface area (Å²) >= 11 is 5.49. The van der Waals surface area contributed by atoms with Gasteiger partial charge in [0.15, 0.2) is 5.82 Å². The van der Waals surface area contributed by atoms with Crippen LogP contribution >= 0.6 is 11.6 Å². The molecule has 2 aromatic rings. The molecule has 0 N–H and O–H groups in total. The van der Waals surface area contributed by atoms with Crippen molar-refractivity contribution in [1.82, 2.24) is 4.98 Å². The minimum atomic E-state index is -0.825. The fraction of sp³-hybridized carbons (Fsp3) is 0. The molecule has 0 aliphatic carbocycles. The van der Waals surface area contributed by atoms with Crippen LogP contribution in [-0.4, -0.2) is 4.98 Å². The minimum absolute atomic E-state index is 0.0975. The lowest BCUT2D eigenvalue weighted by molar-refractivity contribution is 0.416. The van der Waals surface area contributed by atoms with E-state index in [4.69, 9.17) is 16.3 Å². The Bertz CT molecular complexity index is 542. The van der Waals surface area contributed by atoms with E-state index in [1.165, 1.54) is 0 Å². The number of pyridine rings is 1. The fourth-order valence-corrected chi connectivity index (χ4v) is 1.32. The third-order valence-corrected chi connectivity index (χ3v) is 2.03. The van der Waals surface area contributed by atoms with Crippen molar-refractivity contribution in [3.63, 3.8) is 0 Å². The Balaban J connectivity index is 2.31. The van der Waals surface area contributed by atoms with Gasteiger partial charge in [0, 0.05) is 24.4 Å². The number of nitrogens with zero attached hydrogens (tertiary/aromatic N) is 1. The Morgan fingerprint density at radius 2 is 1.65 bits per heavy atom. The molecule has 0 bridgehead atoms. The Hall–Kier alpha value is -1.75. The minimum Gasteiger partial charge on any atom is -0.436 e. The predicted octanol–water partition coefficient (Wildman–Crippen LogP) is 3.94. The van der Waals surface area contributed by atoms with Crippen molar-refractivity contribution in [3.05, 3.63) is 52.9 Å². The quantitative estimate of drug-likeness (QED) is 0.815. The molecule has 88 valence electrons. The second-order valence-electron chi connectivity index (χ2n) is 3.15. The summed E-state index contributed by atoms with van der Waals surface area (Å²) in [6.45, 7) is 0. The zero-order valence-electron chi connectivity index (χ0n) is 8.25. The van der Waals surface area contributed by atoms with Crippen LogP contribution in [0.2, 0.25) is 5.02 Å². The summed E-state index contributed by atoms with van der Waals surface area (Å²) in [6.07, 6.45) is 1.16. The van der Waals surface area contributed by atoms with E-state index in [9.17, 15) is 13.2 Å². The first-order valence-electron chi connectivity index (χ1n) is 4.49. The maximum atomic E-state index is 13.3. The Morgan fingerprint density at radius 3 is 2.24 bits per heavy atom. The number of rotatable bonds is 2. The van der Waals surface area contributed by atoms with Crippen LogP contribution < -0.4 is 4.74 Å². The molecule has 1 aromatic heterocycles. The molecule has 1 aromatic carbocycles. The first-order chi connectivity index (χ1) is 8.04. The smallest absolute Gasteiger partial charge is 0.255 e. The van der Waals surface area contributed by atoms with Gasteiger partial charge in [-0.15, -0.1) is 0 Å². The average Bonchev–Trinajstić information content (AvgIpc) is 2.21. The summed E-state index contributed by atoms with van der Waals surface area (Å²) in [4.78, 5) is 3.56. The normalized spacial score (nSPS) is 10.4. The van der Waals surface area contributed by atoms with Crippen LogP contribution in [0.1, 0.15) is 0 Å². The van der Waals surface area contributed by atoms with Gasteiger partial charge in [0.2, 0.25) is 0 Å². The van der Waals surface area contributed by atoms with E-state index < -0.39 is 23.3 Å². The van der Waals surface area contributed by atoms with Gasteiger partial charge in [-0.2, -0.15) is 0 Å². The van der Waals surface area contributed by atoms with Crippen molar-refractivity contribution in [3.8, 4) is 11.6 Å². The second-order valence-corrected chi connectivity index (χ2v) is 3.58. The molecule has 0 radical (unpaired) electrons. The lowest BCUT2D eigenvalue weighted by Crippen LogP contribution is -1.93. The van der Waals surface area contributed by atoms with E-state index in [2.05, 4.69) is 4.98 Å². The van der Waals surface area contributed by atoms with Crippen LogP contribution in [-0.2, 0) is 0 Å². The zero-order valence-corrected chi connectivity index (χ0v) is 9.01. The number of hydrogen-bond donors (Lipinski definition) is 0. The Labute approximate surface area is 99.6 Å². The summed E-state index contributed by atoms with van der Waals surface area (Å²) in [5.74, 6) is -3.05. The van der Waals surface area contributed by atoms with Crippen molar-refractivity contribution in [2.75, 3.05) is 0 Å². The number of halogens is 4. The van der Waals surface area contributed by atoms with Crippen molar-refractivity contribution in [2.45, 2.75) is 0 Å². The molecular formula is C11H5ClF3NO. The van der Waals surface area contributed by atoms with E-state index in [1.54, 1.807) is 0 Å². The molecule has 0 atom stereocenters. The molecule has 0 saturated carbocycles. The van der Waals surface area contributed by atoms with Crippen LogP contribution in [0.25, 0.3) is 0 Å². The lowest BCUT2D eigenvalue weighted by Gasteiger charge is -2.05. The molecule has 1 heterocycles. The zero-order chi connectivity index (χ0) is 12.4. The summed E-state index contributed by atoms with van der Waals surface area (Å²) < 4.78 is 43.9. The molecule has 6 heteroatoms. The molecule has 0 aliphatic heterocycles. The summed E-state index contributed by atoms with van der Waals surface area (Å²) in [5.41, 5.74) is 0. The maximum absolute atomic E-state index is 13.3. The molecule has 0 unspecified atom stereocenters. The van der Waals surface area contributed by atoms with E-state index in [0.29, 0.717) is 6.07 Å². The van der Waals surface area contributed by atoms with Crippen molar-refractivity contribution < 1.29 is 17.9 Å². The predicted molar refractivity (Wildman–Crippen MR) is 55.6 cm³/mol. The topological polar surface area (TPSA) is 22.1 Å². The van der Waals surface area contributed by atoms with Gasteiger partial charge in [-0.05, 0) is 6.07 Å². The molecule has 17 heavy (non-hydrogen) atoms. The summed E-state index contributed by atoms with van der Waals surface area (Å²) in [6, 6.07) is 3.50. The third-order valence-electron chi connectivity index (χ3n) is 1.82. The average molecular weight is 260 g/mol. The number of hydrogen-bond acceptors (Lipinski definition) is 2. The largest absolute Gasteiger partial charge is 0.436 e. The van der Waals surface area contributed by atoms with Gasteiger partial charge in [0.25, 0.3) is 5.88 Å². The van der Waals surface area contributed by atoms with Gasteiger partial charge < -0.3 is 4.74 Å². The van der Waals surface area contributed by atoms with Crippen LogP contribution in [0.5, 0.6) is 11.6 Å². The number of benzene rings is 1. The van der Waals surface area contributed by atoms with E-state index in [1.807, 2.05) is 0 Å². The molecule has 0 aliphatic rings. The lowest BCUT2D eigenvalue weighted by atomic mass is 10.3. The Kier molecular flexibility index (Phi) is 3.19. The molecule has 0 spiro atoms. The molecule has 2 nitrogen and oxygen atoms in total. The molecule has 2 rings (SSSR count). The SMILES string of the molecule is Fc1cc(F)cc(Oc2ncc(Cl)cc2F)c1. The van der Waals surface area contributed by atoms with Crippen LogP contribution in [0, 0.1) is 17.5 Å². The van der Waals surface area contributed by atoms with Gasteiger partial charge in [-0.1, -0.05) is 11.6 Å². The molecule has 0 fully saturated rings.